The molecule has 0 bridgehead atoms. The van der Waals surface area contributed by atoms with Crippen molar-refractivity contribution in [1.82, 2.24) is 10.4 Å². The largest absolute Gasteiger partial charge is 0.364 e. The standard InChI is InChI=1S/C10H16N4O/c1-3-4-12-10(14-11)8-6-13-7(2)5-9(8)15/h5-6H,3-4,11H2,1-2H3,(H,12,14)(H,13,15). The molecular formula is C10H16N4O. The van der Waals surface area contributed by atoms with Gasteiger partial charge in [-0.25, -0.2) is 5.84 Å². The van der Waals surface area contributed by atoms with E-state index in [0.717, 1.165) is 12.1 Å². The van der Waals surface area contributed by atoms with E-state index in [1.807, 2.05) is 13.8 Å². The van der Waals surface area contributed by atoms with Gasteiger partial charge in [0.25, 0.3) is 0 Å². The van der Waals surface area contributed by atoms with Crippen molar-refractivity contribution in [2.45, 2.75) is 20.3 Å². The SMILES string of the molecule is CCCN=C(NN)c1c[nH]c(C)cc1=O. The van der Waals surface area contributed by atoms with Crippen molar-refractivity contribution in [3.63, 3.8) is 0 Å². The highest BCUT2D eigenvalue weighted by Gasteiger charge is 2.05. The smallest absolute Gasteiger partial charge is 0.192 e. The number of nitrogens with two attached hydrogens (primary N) is 1. The van der Waals surface area contributed by atoms with Gasteiger partial charge in [-0.15, -0.1) is 0 Å². The molecule has 0 unspecified atom stereocenters. The van der Waals surface area contributed by atoms with Gasteiger partial charge >= 0.3 is 0 Å². The average molecular weight is 208 g/mol. The monoisotopic (exact) mass is 208 g/mol. The number of nitrogens with zero attached hydrogens (tertiary/aromatic N) is 1. The Kier molecular flexibility index (Phi) is 4.05. The first-order chi connectivity index (χ1) is 7.19. The second kappa shape index (κ2) is 5.31. The van der Waals surface area contributed by atoms with Crippen LogP contribution in [0.4, 0.5) is 0 Å². The van der Waals surface area contributed by atoms with Crippen LogP contribution in [-0.4, -0.2) is 17.4 Å². The van der Waals surface area contributed by atoms with Gasteiger partial charge in [0.15, 0.2) is 5.43 Å². The molecular weight excluding hydrogens is 192 g/mol. The minimum absolute atomic E-state index is 0.0842. The van der Waals surface area contributed by atoms with Crippen molar-refractivity contribution in [2.24, 2.45) is 10.8 Å². The lowest BCUT2D eigenvalue weighted by molar-refractivity contribution is 0.906. The number of pyridine rings is 1. The maximum Gasteiger partial charge on any atom is 0.192 e. The molecule has 0 atom stereocenters. The van der Waals surface area contributed by atoms with E-state index in [1.54, 1.807) is 6.20 Å². The number of rotatable bonds is 3. The Labute approximate surface area is 88.4 Å². The van der Waals surface area contributed by atoms with Gasteiger partial charge in [0.1, 0.15) is 5.84 Å². The third kappa shape index (κ3) is 2.92. The van der Waals surface area contributed by atoms with Crippen LogP contribution in [0.1, 0.15) is 24.6 Å². The Morgan fingerprint density at radius 3 is 2.93 bits per heavy atom. The van der Waals surface area contributed by atoms with Crippen LogP contribution in [-0.2, 0) is 0 Å². The van der Waals surface area contributed by atoms with Gasteiger partial charge in [-0.05, 0) is 13.3 Å². The highest BCUT2D eigenvalue weighted by Crippen LogP contribution is 1.93. The number of H-pyrrole nitrogens is 1. The Bertz CT molecular complexity index is 408. The van der Waals surface area contributed by atoms with Crippen molar-refractivity contribution in [1.29, 1.82) is 0 Å². The summed E-state index contributed by atoms with van der Waals surface area (Å²) in [5, 5.41) is 0. The molecule has 0 radical (unpaired) electrons. The topological polar surface area (TPSA) is 83.3 Å². The molecule has 0 aromatic carbocycles. The summed E-state index contributed by atoms with van der Waals surface area (Å²) in [5.74, 6) is 5.75. The lowest BCUT2D eigenvalue weighted by atomic mass is 10.2. The van der Waals surface area contributed by atoms with Crippen LogP contribution in [0.5, 0.6) is 0 Å². The summed E-state index contributed by atoms with van der Waals surface area (Å²) in [6.45, 7) is 4.48. The fourth-order valence-corrected chi connectivity index (χ4v) is 1.19. The Morgan fingerprint density at radius 2 is 2.40 bits per heavy atom. The zero-order valence-corrected chi connectivity index (χ0v) is 9.00. The van der Waals surface area contributed by atoms with Gasteiger partial charge in [-0.2, -0.15) is 0 Å². The number of hydrazine groups is 1. The molecule has 0 saturated heterocycles. The van der Waals surface area contributed by atoms with E-state index in [4.69, 9.17) is 5.84 Å². The van der Waals surface area contributed by atoms with Crippen molar-refractivity contribution >= 4 is 5.84 Å². The molecule has 0 aliphatic carbocycles. The van der Waals surface area contributed by atoms with Crippen LogP contribution in [0.2, 0.25) is 0 Å². The summed E-state index contributed by atoms with van der Waals surface area (Å²) in [5.41, 5.74) is 3.64. The fraction of sp³-hybridized carbons (Fsp3) is 0.400. The van der Waals surface area contributed by atoms with E-state index in [1.165, 1.54) is 6.07 Å². The van der Waals surface area contributed by atoms with Crippen molar-refractivity contribution in [3.05, 3.63) is 33.7 Å². The quantitative estimate of drug-likeness (QED) is 0.289. The number of hydrogen-bond donors (Lipinski definition) is 3. The Morgan fingerprint density at radius 1 is 1.67 bits per heavy atom. The first-order valence-electron chi connectivity index (χ1n) is 4.89. The van der Waals surface area contributed by atoms with E-state index in [2.05, 4.69) is 15.4 Å². The number of aromatic nitrogens is 1. The summed E-state index contributed by atoms with van der Waals surface area (Å²) >= 11 is 0. The zero-order valence-electron chi connectivity index (χ0n) is 9.00. The van der Waals surface area contributed by atoms with Crippen LogP contribution in [0.25, 0.3) is 0 Å². The Balaban J connectivity index is 3.07. The molecule has 0 fully saturated rings. The molecule has 82 valence electrons. The minimum atomic E-state index is -0.0842. The molecule has 5 heteroatoms. The van der Waals surface area contributed by atoms with Crippen molar-refractivity contribution in [3.8, 4) is 0 Å². The molecule has 0 aliphatic heterocycles. The van der Waals surface area contributed by atoms with E-state index < -0.39 is 0 Å². The van der Waals surface area contributed by atoms with Gasteiger partial charge in [-0.1, -0.05) is 6.92 Å². The molecule has 1 rings (SSSR count). The molecule has 0 saturated carbocycles. The molecule has 5 nitrogen and oxygen atoms in total. The van der Waals surface area contributed by atoms with E-state index in [-0.39, 0.29) is 5.43 Å². The summed E-state index contributed by atoms with van der Waals surface area (Å²) < 4.78 is 0. The second-order valence-corrected chi connectivity index (χ2v) is 3.27. The van der Waals surface area contributed by atoms with Crippen LogP contribution in [0.3, 0.4) is 0 Å². The molecule has 0 amide bonds. The molecule has 4 N–H and O–H groups in total. The second-order valence-electron chi connectivity index (χ2n) is 3.27. The fourth-order valence-electron chi connectivity index (χ4n) is 1.19. The third-order valence-electron chi connectivity index (χ3n) is 1.94. The summed E-state index contributed by atoms with van der Waals surface area (Å²) in [4.78, 5) is 18.7. The van der Waals surface area contributed by atoms with Crippen LogP contribution < -0.4 is 16.7 Å². The van der Waals surface area contributed by atoms with Crippen molar-refractivity contribution in [2.75, 3.05) is 6.54 Å². The Hall–Kier alpha value is -1.62. The van der Waals surface area contributed by atoms with Crippen LogP contribution >= 0.6 is 0 Å². The lowest BCUT2D eigenvalue weighted by Gasteiger charge is -2.05. The van der Waals surface area contributed by atoms with Gasteiger partial charge in [0.2, 0.25) is 0 Å². The van der Waals surface area contributed by atoms with Crippen molar-refractivity contribution < 1.29 is 0 Å². The predicted octanol–water partition coefficient (Wildman–Crippen LogP) is 0.303. The summed E-state index contributed by atoms with van der Waals surface area (Å²) in [6.07, 6.45) is 2.53. The van der Waals surface area contributed by atoms with E-state index in [9.17, 15) is 4.79 Å². The lowest BCUT2D eigenvalue weighted by Crippen LogP contribution is -2.35. The number of amidine groups is 1. The van der Waals surface area contributed by atoms with E-state index >= 15 is 0 Å². The first kappa shape index (κ1) is 11.5. The number of aryl methyl sites for hydroxylation is 1. The van der Waals surface area contributed by atoms with Gasteiger partial charge in [0, 0.05) is 24.5 Å². The zero-order chi connectivity index (χ0) is 11.3. The first-order valence-corrected chi connectivity index (χ1v) is 4.89. The minimum Gasteiger partial charge on any atom is -0.364 e. The van der Waals surface area contributed by atoms with Gasteiger partial charge < -0.3 is 10.4 Å². The third-order valence-corrected chi connectivity index (χ3v) is 1.94. The molecule has 1 aromatic heterocycles. The average Bonchev–Trinajstić information content (AvgIpc) is 2.21. The van der Waals surface area contributed by atoms with Gasteiger partial charge in [0.05, 0.1) is 5.56 Å². The van der Waals surface area contributed by atoms with Gasteiger partial charge in [-0.3, -0.25) is 9.79 Å². The maximum absolute atomic E-state index is 11.6. The number of nitrogens with one attached hydrogen (secondary N) is 2. The van der Waals surface area contributed by atoms with Crippen LogP contribution in [0, 0.1) is 6.92 Å². The molecule has 0 aliphatic rings. The predicted molar refractivity (Wildman–Crippen MR) is 60.8 cm³/mol. The summed E-state index contributed by atoms with van der Waals surface area (Å²) in [6, 6.07) is 1.52. The maximum atomic E-state index is 11.6. The van der Waals surface area contributed by atoms with Crippen LogP contribution in [0.15, 0.2) is 22.1 Å². The molecule has 1 heterocycles. The highest BCUT2D eigenvalue weighted by molar-refractivity contribution is 5.97. The molecule has 0 spiro atoms. The molecule has 15 heavy (non-hydrogen) atoms. The number of hydrogen-bond acceptors (Lipinski definition) is 3. The summed E-state index contributed by atoms with van der Waals surface area (Å²) in [7, 11) is 0. The normalized spacial score (nSPS) is 11.5. The number of aliphatic imine (C=N–C) groups is 1. The number of aromatic amines is 1. The molecule has 1 aromatic rings. The highest BCUT2D eigenvalue weighted by atomic mass is 16.1. The van der Waals surface area contributed by atoms with E-state index in [0.29, 0.717) is 17.9 Å².